The average Bonchev–Trinajstić information content (AvgIpc) is 2.39. The maximum absolute atomic E-state index is 9.17. The number of phenols is 1. The van der Waals surface area contributed by atoms with Crippen molar-refractivity contribution >= 4 is 15.9 Å². The first-order valence-corrected chi connectivity index (χ1v) is 6.22. The van der Waals surface area contributed by atoms with Crippen LogP contribution in [0.3, 0.4) is 0 Å². The molecule has 0 heterocycles. The third-order valence-corrected chi connectivity index (χ3v) is 3.23. The van der Waals surface area contributed by atoms with E-state index in [1.54, 1.807) is 31.4 Å². The van der Waals surface area contributed by atoms with Crippen molar-refractivity contribution in [2.45, 2.75) is 6.61 Å². The zero-order chi connectivity index (χ0) is 13.0. The van der Waals surface area contributed by atoms with E-state index in [0.717, 1.165) is 21.5 Å². The highest BCUT2D eigenvalue weighted by Crippen LogP contribution is 2.24. The summed E-state index contributed by atoms with van der Waals surface area (Å²) in [5.74, 6) is 1.75. The van der Waals surface area contributed by atoms with Gasteiger partial charge in [-0.15, -0.1) is 0 Å². The van der Waals surface area contributed by atoms with Crippen molar-refractivity contribution in [2.24, 2.45) is 0 Å². The van der Waals surface area contributed by atoms with Crippen LogP contribution in [0.25, 0.3) is 0 Å². The summed E-state index contributed by atoms with van der Waals surface area (Å²) in [5.41, 5.74) is 1.03. The Morgan fingerprint density at radius 2 is 1.72 bits per heavy atom. The van der Waals surface area contributed by atoms with E-state index in [4.69, 9.17) is 14.6 Å². The highest BCUT2D eigenvalue weighted by molar-refractivity contribution is 9.10. The molecule has 94 valence electrons. The summed E-state index contributed by atoms with van der Waals surface area (Å²) in [7, 11) is 1.63. The van der Waals surface area contributed by atoms with Gasteiger partial charge in [0, 0.05) is 10.0 Å². The molecule has 2 rings (SSSR count). The zero-order valence-corrected chi connectivity index (χ0v) is 11.5. The molecule has 0 spiro atoms. The van der Waals surface area contributed by atoms with Gasteiger partial charge in [0.2, 0.25) is 0 Å². The molecule has 0 amide bonds. The van der Waals surface area contributed by atoms with E-state index in [0.29, 0.717) is 6.61 Å². The first kappa shape index (κ1) is 12.8. The van der Waals surface area contributed by atoms with Crippen LogP contribution < -0.4 is 9.47 Å². The lowest BCUT2D eigenvalue weighted by molar-refractivity contribution is 0.304. The number of phenolic OH excluding ortho intramolecular Hbond substituents is 1. The Kier molecular flexibility index (Phi) is 4.10. The van der Waals surface area contributed by atoms with Crippen LogP contribution in [0, 0.1) is 0 Å². The molecule has 0 saturated carbocycles. The van der Waals surface area contributed by atoms with Crippen LogP contribution in [0.2, 0.25) is 0 Å². The number of methoxy groups -OCH3 is 1. The summed E-state index contributed by atoms with van der Waals surface area (Å²) < 4.78 is 11.7. The standard InChI is InChI=1S/C14H13BrO3/c1-17-13-5-2-10(14(15)8-13)9-18-12-6-3-11(16)4-7-12/h2-8,16H,9H2,1H3. The lowest BCUT2D eigenvalue weighted by Crippen LogP contribution is -1.96. The van der Waals surface area contributed by atoms with E-state index in [2.05, 4.69) is 15.9 Å². The molecule has 2 aromatic carbocycles. The van der Waals surface area contributed by atoms with Crippen molar-refractivity contribution in [2.75, 3.05) is 7.11 Å². The molecular weight excluding hydrogens is 296 g/mol. The van der Waals surface area contributed by atoms with Gasteiger partial charge in [0.15, 0.2) is 0 Å². The van der Waals surface area contributed by atoms with Crippen LogP contribution in [0.1, 0.15) is 5.56 Å². The Hall–Kier alpha value is -1.68. The lowest BCUT2D eigenvalue weighted by Gasteiger charge is -2.09. The van der Waals surface area contributed by atoms with Crippen molar-refractivity contribution in [3.05, 3.63) is 52.5 Å². The third kappa shape index (κ3) is 3.17. The van der Waals surface area contributed by atoms with Gasteiger partial charge in [0.1, 0.15) is 23.9 Å². The molecule has 1 N–H and O–H groups in total. The molecule has 0 saturated heterocycles. The molecular formula is C14H13BrO3. The van der Waals surface area contributed by atoms with E-state index < -0.39 is 0 Å². The van der Waals surface area contributed by atoms with Crippen LogP contribution in [-0.4, -0.2) is 12.2 Å². The quantitative estimate of drug-likeness (QED) is 0.935. The fourth-order valence-corrected chi connectivity index (χ4v) is 1.95. The SMILES string of the molecule is COc1ccc(COc2ccc(O)cc2)c(Br)c1. The topological polar surface area (TPSA) is 38.7 Å². The second-order valence-electron chi connectivity index (χ2n) is 3.74. The van der Waals surface area contributed by atoms with E-state index in [9.17, 15) is 0 Å². The minimum atomic E-state index is 0.230. The molecule has 18 heavy (non-hydrogen) atoms. The molecule has 3 nitrogen and oxygen atoms in total. The van der Waals surface area contributed by atoms with Gasteiger partial charge in [-0.1, -0.05) is 22.0 Å². The van der Waals surface area contributed by atoms with Crippen LogP contribution >= 0.6 is 15.9 Å². The van der Waals surface area contributed by atoms with Gasteiger partial charge in [-0.2, -0.15) is 0 Å². The highest BCUT2D eigenvalue weighted by Gasteiger charge is 2.03. The number of halogens is 1. The molecule has 4 heteroatoms. The zero-order valence-electron chi connectivity index (χ0n) is 9.89. The Balaban J connectivity index is 2.04. The third-order valence-electron chi connectivity index (χ3n) is 2.49. The molecule has 0 aliphatic heterocycles. The minimum absolute atomic E-state index is 0.230. The first-order valence-electron chi connectivity index (χ1n) is 5.43. The predicted molar refractivity (Wildman–Crippen MR) is 73.1 cm³/mol. The number of benzene rings is 2. The van der Waals surface area contributed by atoms with E-state index in [1.165, 1.54) is 0 Å². The van der Waals surface area contributed by atoms with Gasteiger partial charge in [-0.3, -0.25) is 0 Å². The summed E-state index contributed by atoms with van der Waals surface area (Å²) in [6.45, 7) is 0.454. The number of hydrogen-bond donors (Lipinski definition) is 1. The molecule has 0 bridgehead atoms. The largest absolute Gasteiger partial charge is 0.508 e. The molecule has 2 aromatic rings. The van der Waals surface area contributed by atoms with Crippen LogP contribution in [0.15, 0.2) is 46.9 Å². The van der Waals surface area contributed by atoms with Crippen LogP contribution in [-0.2, 0) is 6.61 Å². The molecule has 0 aliphatic rings. The monoisotopic (exact) mass is 308 g/mol. The molecule has 0 aromatic heterocycles. The van der Waals surface area contributed by atoms with Crippen LogP contribution in [0.5, 0.6) is 17.2 Å². The maximum Gasteiger partial charge on any atom is 0.120 e. The van der Waals surface area contributed by atoms with Crippen molar-refractivity contribution in [1.82, 2.24) is 0 Å². The summed E-state index contributed by atoms with van der Waals surface area (Å²) >= 11 is 3.47. The molecule has 0 atom stereocenters. The van der Waals surface area contributed by atoms with Gasteiger partial charge in [-0.25, -0.2) is 0 Å². The second-order valence-corrected chi connectivity index (χ2v) is 4.59. The highest BCUT2D eigenvalue weighted by atomic mass is 79.9. The summed E-state index contributed by atoms with van der Waals surface area (Å²) in [5, 5.41) is 9.17. The minimum Gasteiger partial charge on any atom is -0.508 e. The van der Waals surface area contributed by atoms with Gasteiger partial charge in [0.25, 0.3) is 0 Å². The Morgan fingerprint density at radius 1 is 1.06 bits per heavy atom. The summed E-state index contributed by atoms with van der Waals surface area (Å²) in [6, 6.07) is 12.4. The Bertz CT molecular complexity index is 523. The normalized spacial score (nSPS) is 10.1. The predicted octanol–water partition coefficient (Wildman–Crippen LogP) is 3.74. The smallest absolute Gasteiger partial charge is 0.120 e. The molecule has 0 unspecified atom stereocenters. The van der Waals surface area contributed by atoms with E-state index in [-0.39, 0.29) is 5.75 Å². The fourth-order valence-electron chi connectivity index (χ4n) is 1.48. The van der Waals surface area contributed by atoms with Crippen LogP contribution in [0.4, 0.5) is 0 Å². The number of aromatic hydroxyl groups is 1. The Morgan fingerprint density at radius 3 is 2.33 bits per heavy atom. The number of ether oxygens (including phenoxy) is 2. The average molecular weight is 309 g/mol. The summed E-state index contributed by atoms with van der Waals surface area (Å²) in [4.78, 5) is 0. The first-order chi connectivity index (χ1) is 8.69. The van der Waals surface area contributed by atoms with Crippen molar-refractivity contribution in [3.8, 4) is 17.2 Å². The molecule has 0 aliphatic carbocycles. The van der Waals surface area contributed by atoms with Gasteiger partial charge in [-0.05, 0) is 36.4 Å². The second kappa shape index (κ2) is 5.78. The molecule has 0 radical (unpaired) electrons. The van der Waals surface area contributed by atoms with Gasteiger partial charge < -0.3 is 14.6 Å². The fraction of sp³-hybridized carbons (Fsp3) is 0.143. The van der Waals surface area contributed by atoms with E-state index >= 15 is 0 Å². The van der Waals surface area contributed by atoms with Crippen molar-refractivity contribution in [1.29, 1.82) is 0 Å². The summed E-state index contributed by atoms with van der Waals surface area (Å²) in [6.07, 6.45) is 0. The number of rotatable bonds is 4. The van der Waals surface area contributed by atoms with E-state index in [1.807, 2.05) is 18.2 Å². The van der Waals surface area contributed by atoms with Crippen molar-refractivity contribution < 1.29 is 14.6 Å². The van der Waals surface area contributed by atoms with Gasteiger partial charge >= 0.3 is 0 Å². The van der Waals surface area contributed by atoms with Crippen molar-refractivity contribution in [3.63, 3.8) is 0 Å². The van der Waals surface area contributed by atoms with Gasteiger partial charge in [0.05, 0.1) is 7.11 Å². The lowest BCUT2D eigenvalue weighted by atomic mass is 10.2. The Labute approximate surface area is 114 Å². The maximum atomic E-state index is 9.17. The number of hydrogen-bond acceptors (Lipinski definition) is 3. The molecule has 0 fully saturated rings.